The number of hydrogen-bond donors (Lipinski definition) is 0. The van der Waals surface area contributed by atoms with Crippen LogP contribution in [0.25, 0.3) is 21.9 Å². The SMILES string of the molecule is C=C(C)c1cc(C)cc(C2=CC=C(C3Cc4ccc5ccccc5c4C4CC(C)(C)CC(=C)C34)C2)c1C. The summed E-state index contributed by atoms with van der Waals surface area (Å²) in [5.74, 6) is 1.59. The zero-order valence-electron chi connectivity index (χ0n) is 23.2. The number of benzene rings is 3. The van der Waals surface area contributed by atoms with Gasteiger partial charge in [0.05, 0.1) is 0 Å². The van der Waals surface area contributed by atoms with Crippen molar-refractivity contribution in [1.29, 1.82) is 0 Å². The normalized spacial score (nSPS) is 24.4. The summed E-state index contributed by atoms with van der Waals surface area (Å²) in [4.78, 5) is 0. The summed E-state index contributed by atoms with van der Waals surface area (Å²) < 4.78 is 0. The molecule has 1 saturated carbocycles. The molecular weight excluding hydrogens is 444 g/mol. The molecule has 0 nitrogen and oxygen atoms in total. The molecule has 0 spiro atoms. The van der Waals surface area contributed by atoms with Crippen LogP contribution >= 0.6 is 0 Å². The fraction of sp³-hybridized carbons (Fsp3) is 0.351. The summed E-state index contributed by atoms with van der Waals surface area (Å²) in [6.45, 7) is 20.5. The Labute approximate surface area is 223 Å². The molecule has 3 atom stereocenters. The first-order valence-corrected chi connectivity index (χ1v) is 14.0. The molecule has 0 N–H and O–H groups in total. The molecule has 0 amide bonds. The molecule has 3 aromatic rings. The van der Waals surface area contributed by atoms with Crippen molar-refractivity contribution in [2.45, 2.75) is 66.2 Å². The van der Waals surface area contributed by atoms with E-state index in [9.17, 15) is 0 Å². The highest BCUT2D eigenvalue weighted by Gasteiger charge is 2.46. The topological polar surface area (TPSA) is 0 Å². The first-order valence-electron chi connectivity index (χ1n) is 14.0. The fourth-order valence-corrected chi connectivity index (χ4v) is 7.96. The Hall–Kier alpha value is -3.12. The minimum Gasteiger partial charge on any atom is -0.0995 e. The van der Waals surface area contributed by atoms with Crippen molar-refractivity contribution >= 4 is 21.9 Å². The number of aryl methyl sites for hydroxylation is 1. The molecule has 0 heterocycles. The Balaban J connectivity index is 1.40. The molecule has 3 aromatic carbocycles. The predicted molar refractivity (Wildman–Crippen MR) is 161 cm³/mol. The van der Waals surface area contributed by atoms with Crippen LogP contribution in [-0.2, 0) is 6.42 Å². The Morgan fingerprint density at radius 1 is 0.973 bits per heavy atom. The van der Waals surface area contributed by atoms with E-state index in [4.69, 9.17) is 6.58 Å². The first kappa shape index (κ1) is 24.2. The van der Waals surface area contributed by atoms with Gasteiger partial charge in [-0.2, -0.15) is 0 Å². The zero-order valence-corrected chi connectivity index (χ0v) is 23.2. The highest BCUT2D eigenvalue weighted by molar-refractivity contribution is 5.88. The van der Waals surface area contributed by atoms with Gasteiger partial charge in [0.15, 0.2) is 0 Å². The van der Waals surface area contributed by atoms with Gasteiger partial charge < -0.3 is 0 Å². The Morgan fingerprint density at radius 3 is 2.54 bits per heavy atom. The molecule has 3 unspecified atom stereocenters. The quantitative estimate of drug-likeness (QED) is 0.324. The van der Waals surface area contributed by atoms with Crippen molar-refractivity contribution < 1.29 is 0 Å². The van der Waals surface area contributed by atoms with E-state index in [1.54, 1.807) is 16.7 Å². The number of allylic oxidation sites excluding steroid dienone is 6. The van der Waals surface area contributed by atoms with Crippen LogP contribution in [0, 0.1) is 31.1 Å². The third-order valence-corrected chi connectivity index (χ3v) is 9.42. The van der Waals surface area contributed by atoms with E-state index in [0.29, 0.717) is 23.2 Å². The van der Waals surface area contributed by atoms with E-state index in [2.05, 4.69) is 102 Å². The minimum atomic E-state index is 0.291. The maximum atomic E-state index is 4.75. The molecule has 0 heteroatoms. The van der Waals surface area contributed by atoms with Gasteiger partial charge in [-0.15, -0.1) is 0 Å². The highest BCUT2D eigenvalue weighted by Crippen LogP contribution is 2.58. The Morgan fingerprint density at radius 2 is 1.76 bits per heavy atom. The lowest BCUT2D eigenvalue weighted by Crippen LogP contribution is -2.39. The number of fused-ring (bicyclic) bond motifs is 5. The summed E-state index contributed by atoms with van der Waals surface area (Å²) >= 11 is 0. The van der Waals surface area contributed by atoms with Gasteiger partial charge in [-0.1, -0.05) is 104 Å². The van der Waals surface area contributed by atoms with E-state index in [0.717, 1.165) is 24.8 Å². The molecule has 37 heavy (non-hydrogen) atoms. The van der Waals surface area contributed by atoms with Crippen LogP contribution in [0.3, 0.4) is 0 Å². The molecule has 1 fully saturated rings. The van der Waals surface area contributed by atoms with Crippen molar-refractivity contribution in [2.75, 3.05) is 0 Å². The van der Waals surface area contributed by atoms with Gasteiger partial charge in [-0.3, -0.25) is 0 Å². The van der Waals surface area contributed by atoms with Gasteiger partial charge >= 0.3 is 0 Å². The van der Waals surface area contributed by atoms with Crippen molar-refractivity contribution in [1.82, 2.24) is 0 Å². The molecule has 0 aliphatic heterocycles. The second-order valence-corrected chi connectivity index (χ2v) is 12.9. The molecule has 0 saturated heterocycles. The van der Waals surface area contributed by atoms with Crippen molar-refractivity contribution in [3.63, 3.8) is 0 Å². The first-order chi connectivity index (χ1) is 17.6. The van der Waals surface area contributed by atoms with Gasteiger partial charge in [0, 0.05) is 0 Å². The zero-order chi connectivity index (χ0) is 26.1. The van der Waals surface area contributed by atoms with Crippen LogP contribution in [0.2, 0.25) is 0 Å². The average Bonchev–Trinajstić information content (AvgIpc) is 3.33. The van der Waals surface area contributed by atoms with Gasteiger partial charge in [0.2, 0.25) is 0 Å². The molecule has 0 aromatic heterocycles. The van der Waals surface area contributed by atoms with Crippen molar-refractivity contribution in [3.8, 4) is 0 Å². The maximum Gasteiger partial charge on any atom is -0.00548 e. The summed E-state index contributed by atoms with van der Waals surface area (Å²) in [5, 5.41) is 2.83. The summed E-state index contributed by atoms with van der Waals surface area (Å²) in [5.41, 5.74) is 14.5. The van der Waals surface area contributed by atoms with E-state index in [1.807, 2.05) is 0 Å². The Bertz CT molecular complexity index is 1520. The fourth-order valence-electron chi connectivity index (χ4n) is 7.96. The monoisotopic (exact) mass is 484 g/mol. The third-order valence-electron chi connectivity index (χ3n) is 9.42. The predicted octanol–water partition coefficient (Wildman–Crippen LogP) is 10.2. The van der Waals surface area contributed by atoms with Crippen LogP contribution in [0.5, 0.6) is 0 Å². The lowest BCUT2D eigenvalue weighted by atomic mass is 9.54. The summed E-state index contributed by atoms with van der Waals surface area (Å²) in [6.07, 6.45) is 9.40. The average molecular weight is 485 g/mol. The van der Waals surface area contributed by atoms with Gasteiger partial charge in [-0.05, 0) is 119 Å². The standard InChI is InChI=1S/C37H40/c1-22(2)31-16-23(3)17-32(25(31)5)27-13-14-28(18-27)33-19-29-15-12-26-10-8-9-11-30(26)36(29)34-21-37(6,7)20-24(4)35(33)34/h8-17,33-35H,1,4,18-21H2,2-3,5-7H3. The van der Waals surface area contributed by atoms with E-state index in [-0.39, 0.29) is 0 Å². The van der Waals surface area contributed by atoms with Crippen LogP contribution < -0.4 is 0 Å². The molecule has 188 valence electrons. The second-order valence-electron chi connectivity index (χ2n) is 12.9. The number of rotatable bonds is 3. The molecular formula is C37H40. The van der Waals surface area contributed by atoms with Crippen molar-refractivity contribution in [3.05, 3.63) is 118 Å². The van der Waals surface area contributed by atoms with E-state index in [1.165, 1.54) is 50.6 Å². The molecule has 0 bridgehead atoms. The van der Waals surface area contributed by atoms with E-state index < -0.39 is 0 Å². The van der Waals surface area contributed by atoms with Crippen LogP contribution in [0.1, 0.15) is 79.3 Å². The largest absolute Gasteiger partial charge is 0.0995 e. The van der Waals surface area contributed by atoms with Crippen LogP contribution in [0.4, 0.5) is 0 Å². The number of hydrogen-bond acceptors (Lipinski definition) is 0. The molecule has 0 radical (unpaired) electrons. The molecule has 3 aliphatic rings. The van der Waals surface area contributed by atoms with Crippen LogP contribution in [-0.4, -0.2) is 0 Å². The van der Waals surface area contributed by atoms with Gasteiger partial charge in [-0.25, -0.2) is 0 Å². The van der Waals surface area contributed by atoms with Crippen molar-refractivity contribution in [2.24, 2.45) is 17.3 Å². The lowest BCUT2D eigenvalue weighted by Gasteiger charge is -2.50. The smallest absolute Gasteiger partial charge is 0.00548 e. The Kier molecular flexibility index (Phi) is 5.72. The maximum absolute atomic E-state index is 4.75. The van der Waals surface area contributed by atoms with Gasteiger partial charge in [0.25, 0.3) is 0 Å². The molecule has 3 aliphatic carbocycles. The van der Waals surface area contributed by atoms with Crippen LogP contribution in [0.15, 0.2) is 85.0 Å². The minimum absolute atomic E-state index is 0.291. The lowest BCUT2D eigenvalue weighted by molar-refractivity contribution is 0.178. The summed E-state index contributed by atoms with van der Waals surface area (Å²) in [7, 11) is 0. The molecule has 6 rings (SSSR count). The van der Waals surface area contributed by atoms with E-state index >= 15 is 0 Å². The second kappa shape index (κ2) is 8.73. The summed E-state index contributed by atoms with van der Waals surface area (Å²) in [6, 6.07) is 18.4. The third kappa shape index (κ3) is 4.06. The van der Waals surface area contributed by atoms with Gasteiger partial charge in [0.1, 0.15) is 0 Å². The highest BCUT2D eigenvalue weighted by atomic mass is 14.5.